The molecule has 0 unspecified atom stereocenters. The molecular weight excluding hydrogens is 260 g/mol. The molecule has 0 radical (unpaired) electrons. The third-order valence-electron chi connectivity index (χ3n) is 4.00. The molecule has 0 bridgehead atoms. The maximum absolute atomic E-state index is 12.1. The second kappa shape index (κ2) is 4.48. The van der Waals surface area contributed by atoms with Gasteiger partial charge >= 0.3 is 5.69 Å². The van der Waals surface area contributed by atoms with Crippen LogP contribution in [0.15, 0.2) is 9.59 Å². The smallest absolute Gasteiger partial charge is 0.332 e. The van der Waals surface area contributed by atoms with E-state index in [4.69, 9.17) is 0 Å². The third-order valence-corrected chi connectivity index (χ3v) is 4.00. The minimum atomic E-state index is -0.358. The van der Waals surface area contributed by atoms with Crippen molar-refractivity contribution < 1.29 is 4.90 Å². The summed E-state index contributed by atoms with van der Waals surface area (Å²) in [6.45, 7) is 3.85. The molecule has 0 atom stereocenters. The number of hydrogen-bond donors (Lipinski definition) is 2. The average molecular weight is 279 g/mol. The van der Waals surface area contributed by atoms with Gasteiger partial charge in [-0.15, -0.1) is 0 Å². The molecule has 3 heterocycles. The second-order valence-corrected chi connectivity index (χ2v) is 5.41. The zero-order valence-corrected chi connectivity index (χ0v) is 11.9. The van der Waals surface area contributed by atoms with E-state index in [0.29, 0.717) is 17.1 Å². The summed E-state index contributed by atoms with van der Waals surface area (Å²) < 4.78 is 2.50. The zero-order valence-electron chi connectivity index (χ0n) is 11.9. The van der Waals surface area contributed by atoms with Gasteiger partial charge in [0.15, 0.2) is 11.2 Å². The predicted molar refractivity (Wildman–Crippen MR) is 75.4 cm³/mol. The lowest BCUT2D eigenvalue weighted by Crippen LogP contribution is -3.12. The molecule has 1 saturated heterocycles. The minimum absolute atomic E-state index is 0.332. The van der Waals surface area contributed by atoms with Crippen molar-refractivity contribution in [2.75, 3.05) is 38.1 Å². The van der Waals surface area contributed by atoms with Gasteiger partial charge in [-0.3, -0.25) is 13.9 Å². The van der Waals surface area contributed by atoms with Crippen LogP contribution >= 0.6 is 0 Å². The van der Waals surface area contributed by atoms with Gasteiger partial charge in [-0.2, -0.15) is 4.98 Å². The Hall–Kier alpha value is -2.09. The monoisotopic (exact) mass is 279 g/mol. The van der Waals surface area contributed by atoms with E-state index in [2.05, 4.69) is 21.9 Å². The summed E-state index contributed by atoms with van der Waals surface area (Å²) in [5, 5.41) is 0. The van der Waals surface area contributed by atoms with Crippen molar-refractivity contribution in [2.24, 2.45) is 14.1 Å². The van der Waals surface area contributed by atoms with E-state index in [1.807, 2.05) is 0 Å². The van der Waals surface area contributed by atoms with Gasteiger partial charge in [0.05, 0.1) is 33.2 Å². The summed E-state index contributed by atoms with van der Waals surface area (Å²) in [7, 11) is 5.27. The van der Waals surface area contributed by atoms with E-state index in [-0.39, 0.29) is 11.2 Å². The largest absolute Gasteiger partial charge is 0.334 e. The van der Waals surface area contributed by atoms with Gasteiger partial charge in [-0.1, -0.05) is 0 Å². The summed E-state index contributed by atoms with van der Waals surface area (Å²) in [6.07, 6.45) is 0. The van der Waals surface area contributed by atoms with Crippen LogP contribution in [0, 0.1) is 0 Å². The maximum atomic E-state index is 12.1. The summed E-state index contributed by atoms with van der Waals surface area (Å²) in [6, 6.07) is 0. The first-order chi connectivity index (χ1) is 9.49. The summed E-state index contributed by atoms with van der Waals surface area (Å²) >= 11 is 0. The zero-order chi connectivity index (χ0) is 14.4. The number of rotatable bonds is 1. The van der Waals surface area contributed by atoms with Gasteiger partial charge in [0, 0.05) is 14.1 Å². The molecule has 1 aliphatic rings. The number of aromatic nitrogens is 4. The molecule has 0 saturated carbocycles. The van der Waals surface area contributed by atoms with Crippen LogP contribution in [0.4, 0.5) is 5.95 Å². The van der Waals surface area contributed by atoms with Crippen molar-refractivity contribution in [3.8, 4) is 0 Å². The molecule has 2 aromatic rings. The lowest BCUT2D eigenvalue weighted by Gasteiger charge is -2.29. The van der Waals surface area contributed by atoms with E-state index < -0.39 is 0 Å². The summed E-state index contributed by atoms with van der Waals surface area (Å²) in [5.41, 5.74) is 0.111. The summed E-state index contributed by atoms with van der Waals surface area (Å²) in [4.78, 5) is 35.1. The predicted octanol–water partition coefficient (Wildman–Crippen LogP) is -2.70. The number of fused-ring (bicyclic) bond motifs is 1. The number of H-pyrrole nitrogens is 1. The standard InChI is InChI=1S/C12H18N6O2/c1-15-4-6-18(7-5-15)11-13-8-9(14-11)16(2)12(20)17(3)10(8)19/h4-7H2,1-3H3,(H,13,14)/p+1. The molecular formula is C12H19N6O2+. The lowest BCUT2D eigenvalue weighted by molar-refractivity contribution is -0.880. The Bertz CT molecular complexity index is 763. The molecule has 2 aromatic heterocycles. The van der Waals surface area contributed by atoms with Crippen LogP contribution in [-0.4, -0.2) is 52.3 Å². The van der Waals surface area contributed by atoms with Gasteiger partial charge in [-0.05, 0) is 0 Å². The second-order valence-electron chi connectivity index (χ2n) is 5.41. The Morgan fingerprint density at radius 2 is 1.80 bits per heavy atom. The third kappa shape index (κ3) is 1.83. The van der Waals surface area contributed by atoms with Crippen molar-refractivity contribution in [1.29, 1.82) is 0 Å². The van der Waals surface area contributed by atoms with Crippen LogP contribution in [0.2, 0.25) is 0 Å². The Balaban J connectivity index is 2.12. The number of piperazine rings is 1. The van der Waals surface area contributed by atoms with Crippen LogP contribution < -0.4 is 21.0 Å². The van der Waals surface area contributed by atoms with Crippen molar-refractivity contribution in [1.82, 2.24) is 19.1 Å². The first-order valence-electron chi connectivity index (χ1n) is 6.71. The molecule has 0 spiro atoms. The number of imidazole rings is 1. The molecule has 0 amide bonds. The molecule has 1 fully saturated rings. The Morgan fingerprint density at radius 3 is 2.45 bits per heavy atom. The average Bonchev–Trinajstić information content (AvgIpc) is 2.89. The van der Waals surface area contributed by atoms with E-state index >= 15 is 0 Å². The fourth-order valence-electron chi connectivity index (χ4n) is 2.56. The number of aryl methyl sites for hydroxylation is 1. The molecule has 3 rings (SSSR count). The van der Waals surface area contributed by atoms with Crippen LogP contribution in [0.25, 0.3) is 11.2 Å². The van der Waals surface area contributed by atoms with Gasteiger partial charge in [0.2, 0.25) is 5.95 Å². The highest BCUT2D eigenvalue weighted by molar-refractivity contribution is 5.72. The molecule has 1 aliphatic heterocycles. The van der Waals surface area contributed by atoms with E-state index in [0.717, 1.165) is 30.7 Å². The first-order valence-corrected chi connectivity index (χ1v) is 6.71. The highest BCUT2D eigenvalue weighted by Gasteiger charge is 2.21. The number of nitrogens with zero attached hydrogens (tertiary/aromatic N) is 4. The molecule has 20 heavy (non-hydrogen) atoms. The lowest BCUT2D eigenvalue weighted by atomic mass is 10.3. The molecule has 8 nitrogen and oxygen atoms in total. The summed E-state index contributed by atoms with van der Waals surface area (Å²) in [5.74, 6) is 0.672. The Kier molecular flexibility index (Phi) is 2.89. The van der Waals surface area contributed by atoms with E-state index in [9.17, 15) is 9.59 Å². The van der Waals surface area contributed by atoms with Gasteiger partial charge in [-0.25, -0.2) is 4.79 Å². The highest BCUT2D eigenvalue weighted by atomic mass is 16.2. The normalized spacial score (nSPS) is 17.1. The van der Waals surface area contributed by atoms with Gasteiger partial charge in [0.25, 0.3) is 5.56 Å². The van der Waals surface area contributed by atoms with Gasteiger partial charge < -0.3 is 14.8 Å². The van der Waals surface area contributed by atoms with Crippen molar-refractivity contribution in [3.05, 3.63) is 20.8 Å². The number of anilines is 1. The van der Waals surface area contributed by atoms with Gasteiger partial charge in [0.1, 0.15) is 0 Å². The van der Waals surface area contributed by atoms with Crippen LogP contribution in [0.1, 0.15) is 0 Å². The van der Waals surface area contributed by atoms with E-state index in [1.54, 1.807) is 7.05 Å². The minimum Gasteiger partial charge on any atom is -0.334 e. The molecule has 0 aliphatic carbocycles. The number of quaternary nitrogens is 1. The molecule has 8 heteroatoms. The van der Waals surface area contributed by atoms with Crippen LogP contribution in [-0.2, 0) is 14.1 Å². The number of nitrogens with one attached hydrogen (secondary N) is 2. The van der Waals surface area contributed by atoms with E-state index in [1.165, 1.54) is 16.5 Å². The number of aromatic amines is 1. The quantitative estimate of drug-likeness (QED) is 0.595. The Morgan fingerprint density at radius 1 is 1.15 bits per heavy atom. The molecule has 2 N–H and O–H groups in total. The topological polar surface area (TPSA) is 80.4 Å². The van der Waals surface area contributed by atoms with Crippen molar-refractivity contribution in [3.63, 3.8) is 0 Å². The Labute approximate surface area is 115 Å². The highest BCUT2D eigenvalue weighted by Crippen LogP contribution is 2.13. The first kappa shape index (κ1) is 12.9. The van der Waals surface area contributed by atoms with Crippen LogP contribution in [0.5, 0.6) is 0 Å². The van der Waals surface area contributed by atoms with Crippen molar-refractivity contribution in [2.45, 2.75) is 0 Å². The van der Waals surface area contributed by atoms with Crippen LogP contribution in [0.3, 0.4) is 0 Å². The molecule has 108 valence electrons. The maximum Gasteiger partial charge on any atom is 0.332 e. The fourth-order valence-corrected chi connectivity index (χ4v) is 2.56. The number of likely N-dealkylation sites (N-methyl/N-ethyl adjacent to an activating group) is 1. The molecule has 0 aromatic carbocycles. The van der Waals surface area contributed by atoms with Crippen molar-refractivity contribution >= 4 is 17.1 Å². The fraction of sp³-hybridized carbons (Fsp3) is 0.583. The SMILES string of the molecule is Cn1c(=O)c2[nH]c(N3CC[NH+](C)CC3)nc2n(C)c1=O. The number of hydrogen-bond acceptors (Lipinski definition) is 4.